The van der Waals surface area contributed by atoms with Crippen LogP contribution in [0.1, 0.15) is 64.7 Å². The average molecular weight is 467 g/mol. The van der Waals surface area contributed by atoms with Crippen LogP contribution in [0.25, 0.3) is 0 Å². The summed E-state index contributed by atoms with van der Waals surface area (Å²) in [6.45, 7) is 5.43. The quantitative estimate of drug-likeness (QED) is 0.189. The number of ether oxygens (including phenoxy) is 1. The van der Waals surface area contributed by atoms with Crippen LogP contribution in [0.4, 0.5) is 0 Å². The normalized spacial score (nSPS) is 20.0. The van der Waals surface area contributed by atoms with E-state index in [-0.39, 0.29) is 24.0 Å². The summed E-state index contributed by atoms with van der Waals surface area (Å²) in [4.78, 5) is 4.48. The Kier molecular flexibility index (Phi) is 12.9. The summed E-state index contributed by atoms with van der Waals surface area (Å²) in [5.41, 5.74) is 0. The molecule has 5 nitrogen and oxygen atoms in total. The highest BCUT2D eigenvalue weighted by Gasteiger charge is 2.21. The summed E-state index contributed by atoms with van der Waals surface area (Å²) in [5, 5.41) is 16.6. The fraction of sp³-hybridized carbons (Fsp3) is 0.947. The second-order valence-corrected chi connectivity index (χ2v) is 7.43. The molecule has 25 heavy (non-hydrogen) atoms. The largest absolute Gasteiger partial charge is 0.389 e. The summed E-state index contributed by atoms with van der Waals surface area (Å²) < 4.78 is 5.52. The molecule has 6 heteroatoms. The minimum Gasteiger partial charge on any atom is -0.389 e. The lowest BCUT2D eigenvalue weighted by molar-refractivity contribution is 0.0368. The molecule has 2 saturated carbocycles. The number of hydrogen-bond acceptors (Lipinski definition) is 3. The van der Waals surface area contributed by atoms with Gasteiger partial charge in [0.25, 0.3) is 0 Å². The van der Waals surface area contributed by atoms with Crippen molar-refractivity contribution in [2.75, 3.05) is 32.8 Å². The Bertz CT molecular complexity index is 359. The molecule has 0 spiro atoms. The number of guanidine groups is 1. The molecule has 2 rings (SSSR count). The molecule has 2 aliphatic rings. The van der Waals surface area contributed by atoms with Gasteiger partial charge in [0.2, 0.25) is 0 Å². The van der Waals surface area contributed by atoms with Gasteiger partial charge in [0.15, 0.2) is 5.96 Å². The first kappa shape index (κ1) is 23.0. The fourth-order valence-electron chi connectivity index (χ4n) is 3.32. The monoisotopic (exact) mass is 467 g/mol. The molecule has 0 saturated heterocycles. The Morgan fingerprint density at radius 2 is 1.88 bits per heavy atom. The van der Waals surface area contributed by atoms with Crippen LogP contribution in [0.3, 0.4) is 0 Å². The maximum absolute atomic E-state index is 9.95. The summed E-state index contributed by atoms with van der Waals surface area (Å²) in [7, 11) is 0. The first-order valence-electron chi connectivity index (χ1n) is 10.1. The summed E-state index contributed by atoms with van der Waals surface area (Å²) in [5.74, 6) is 2.48. The third kappa shape index (κ3) is 11.3. The highest BCUT2D eigenvalue weighted by Crippen LogP contribution is 2.28. The molecular formula is C19H38IN3O2. The zero-order valence-electron chi connectivity index (χ0n) is 15.8. The number of aliphatic hydroxyl groups is 1. The van der Waals surface area contributed by atoms with Crippen LogP contribution < -0.4 is 10.6 Å². The van der Waals surface area contributed by atoms with Crippen molar-refractivity contribution in [1.82, 2.24) is 10.6 Å². The lowest BCUT2D eigenvalue weighted by Crippen LogP contribution is -2.38. The molecule has 0 amide bonds. The van der Waals surface area contributed by atoms with E-state index in [0.29, 0.717) is 13.2 Å². The van der Waals surface area contributed by atoms with E-state index in [1.165, 1.54) is 57.8 Å². The van der Waals surface area contributed by atoms with Crippen LogP contribution >= 0.6 is 24.0 Å². The van der Waals surface area contributed by atoms with Crippen molar-refractivity contribution in [2.45, 2.75) is 70.8 Å². The van der Waals surface area contributed by atoms with E-state index < -0.39 is 6.10 Å². The second-order valence-electron chi connectivity index (χ2n) is 7.43. The van der Waals surface area contributed by atoms with Gasteiger partial charge in [0.1, 0.15) is 0 Å². The zero-order valence-corrected chi connectivity index (χ0v) is 18.2. The Balaban J connectivity index is 0.00000312. The third-order valence-electron chi connectivity index (χ3n) is 4.97. The van der Waals surface area contributed by atoms with Crippen molar-refractivity contribution in [1.29, 1.82) is 0 Å². The van der Waals surface area contributed by atoms with Crippen LogP contribution in [-0.2, 0) is 4.74 Å². The minimum atomic E-state index is -0.513. The SMILES string of the molecule is CCNC(=NCC(O)COCC1CC1)NCCCC1CCCCC1.I. The first-order valence-corrected chi connectivity index (χ1v) is 10.1. The summed E-state index contributed by atoms with van der Waals surface area (Å²) in [6.07, 6.45) is 11.7. The standard InChI is InChI=1S/C19H37N3O2.HI/c1-2-20-19(21-12-6-9-16-7-4-3-5-8-16)22-13-18(23)15-24-14-17-10-11-17;/h16-18,23H,2-15H2,1H3,(H2,20,21,22);1H. The van der Waals surface area contributed by atoms with Gasteiger partial charge < -0.3 is 20.5 Å². The second kappa shape index (κ2) is 14.0. The van der Waals surface area contributed by atoms with Crippen LogP contribution in [0, 0.1) is 11.8 Å². The van der Waals surface area contributed by atoms with Crippen molar-refractivity contribution >= 4 is 29.9 Å². The number of aliphatic imine (C=N–C) groups is 1. The predicted molar refractivity (Wildman–Crippen MR) is 115 cm³/mol. The topological polar surface area (TPSA) is 65.9 Å². The Morgan fingerprint density at radius 3 is 2.56 bits per heavy atom. The van der Waals surface area contributed by atoms with Gasteiger partial charge in [-0.1, -0.05) is 32.1 Å². The molecule has 2 fully saturated rings. The predicted octanol–water partition coefficient (Wildman–Crippen LogP) is 3.31. The molecule has 3 N–H and O–H groups in total. The number of rotatable bonds is 11. The number of nitrogens with zero attached hydrogens (tertiary/aromatic N) is 1. The van der Waals surface area contributed by atoms with E-state index in [9.17, 15) is 5.11 Å². The summed E-state index contributed by atoms with van der Waals surface area (Å²) in [6, 6.07) is 0. The van der Waals surface area contributed by atoms with E-state index in [4.69, 9.17) is 4.74 Å². The maximum atomic E-state index is 9.95. The van der Waals surface area contributed by atoms with Crippen LogP contribution in [0.15, 0.2) is 4.99 Å². The molecule has 0 aromatic rings. The molecule has 1 atom stereocenters. The smallest absolute Gasteiger partial charge is 0.191 e. The van der Waals surface area contributed by atoms with Crippen LogP contribution in [0.2, 0.25) is 0 Å². The van der Waals surface area contributed by atoms with Gasteiger partial charge in [0.05, 0.1) is 19.3 Å². The van der Waals surface area contributed by atoms with Crippen molar-refractivity contribution in [3.63, 3.8) is 0 Å². The fourth-order valence-corrected chi connectivity index (χ4v) is 3.32. The van der Waals surface area contributed by atoms with E-state index >= 15 is 0 Å². The van der Waals surface area contributed by atoms with Crippen molar-refractivity contribution in [3.8, 4) is 0 Å². The number of halogens is 1. The van der Waals surface area contributed by atoms with Crippen LogP contribution in [0.5, 0.6) is 0 Å². The van der Waals surface area contributed by atoms with Gasteiger partial charge in [-0.15, -0.1) is 24.0 Å². The van der Waals surface area contributed by atoms with E-state index in [1.54, 1.807) is 0 Å². The Morgan fingerprint density at radius 1 is 1.12 bits per heavy atom. The van der Waals surface area contributed by atoms with Gasteiger partial charge in [-0.3, -0.25) is 4.99 Å². The number of aliphatic hydroxyl groups excluding tert-OH is 1. The summed E-state index contributed by atoms with van der Waals surface area (Å²) >= 11 is 0. The van der Waals surface area contributed by atoms with Crippen molar-refractivity contribution in [3.05, 3.63) is 0 Å². The number of nitrogens with one attached hydrogen (secondary N) is 2. The van der Waals surface area contributed by atoms with Gasteiger partial charge in [0, 0.05) is 19.7 Å². The molecule has 0 radical (unpaired) electrons. The molecule has 0 aliphatic heterocycles. The van der Waals surface area contributed by atoms with Crippen molar-refractivity contribution < 1.29 is 9.84 Å². The Labute approximate surface area is 170 Å². The third-order valence-corrected chi connectivity index (χ3v) is 4.97. The van der Waals surface area contributed by atoms with Gasteiger partial charge in [-0.2, -0.15) is 0 Å². The first-order chi connectivity index (χ1) is 11.8. The van der Waals surface area contributed by atoms with Crippen molar-refractivity contribution in [2.24, 2.45) is 16.8 Å². The molecule has 2 aliphatic carbocycles. The lowest BCUT2D eigenvalue weighted by atomic mass is 9.86. The highest BCUT2D eigenvalue weighted by molar-refractivity contribution is 14.0. The van der Waals surface area contributed by atoms with Gasteiger partial charge in [-0.25, -0.2) is 0 Å². The molecular weight excluding hydrogens is 429 g/mol. The minimum absolute atomic E-state index is 0. The molecule has 148 valence electrons. The van der Waals surface area contributed by atoms with E-state index in [0.717, 1.165) is 37.5 Å². The van der Waals surface area contributed by atoms with E-state index in [1.807, 2.05) is 0 Å². The number of hydrogen-bond donors (Lipinski definition) is 3. The lowest BCUT2D eigenvalue weighted by Gasteiger charge is -2.21. The Hall–Kier alpha value is -0.0800. The van der Waals surface area contributed by atoms with Crippen LogP contribution in [-0.4, -0.2) is 50.0 Å². The highest BCUT2D eigenvalue weighted by atomic mass is 127. The van der Waals surface area contributed by atoms with E-state index in [2.05, 4.69) is 22.5 Å². The van der Waals surface area contributed by atoms with Gasteiger partial charge in [-0.05, 0) is 44.4 Å². The molecule has 1 unspecified atom stereocenters. The molecule has 0 aromatic carbocycles. The zero-order chi connectivity index (χ0) is 17.0. The van der Waals surface area contributed by atoms with Gasteiger partial charge >= 0.3 is 0 Å². The average Bonchev–Trinajstić information content (AvgIpc) is 3.41. The molecule has 0 aromatic heterocycles. The molecule has 0 heterocycles. The molecule has 0 bridgehead atoms. The maximum Gasteiger partial charge on any atom is 0.191 e.